The van der Waals surface area contributed by atoms with Crippen molar-refractivity contribution in [3.63, 3.8) is 0 Å². The van der Waals surface area contributed by atoms with Crippen LogP contribution in [0.5, 0.6) is 0 Å². The van der Waals surface area contributed by atoms with Crippen LogP contribution in [0, 0.1) is 10.1 Å². The van der Waals surface area contributed by atoms with Crippen molar-refractivity contribution in [1.82, 2.24) is 15.0 Å². The molecule has 0 spiro atoms. The van der Waals surface area contributed by atoms with Crippen LogP contribution in [0.15, 0.2) is 30.7 Å². The van der Waals surface area contributed by atoms with Gasteiger partial charge in [0, 0.05) is 38.9 Å². The molecule has 9 heteroatoms. The van der Waals surface area contributed by atoms with Crippen molar-refractivity contribution in [3.05, 3.63) is 40.8 Å². The number of nitro groups is 1. The molecule has 0 radical (unpaired) electrons. The van der Waals surface area contributed by atoms with Crippen molar-refractivity contribution in [2.24, 2.45) is 0 Å². The zero-order valence-electron chi connectivity index (χ0n) is 23.3. The quantitative estimate of drug-likeness (QED) is 0.119. The SMILES string of the molecule is CCCCCCCCCCCCCCCCNc1ncnc(N2CCN(c3ccccn3)CC2)c1[N+](=O)[O-]. The molecule has 38 heavy (non-hydrogen) atoms. The molecule has 3 heterocycles. The van der Waals surface area contributed by atoms with E-state index >= 15 is 0 Å². The molecule has 0 atom stereocenters. The van der Waals surface area contributed by atoms with E-state index in [0.29, 0.717) is 31.3 Å². The van der Waals surface area contributed by atoms with Crippen LogP contribution in [-0.2, 0) is 0 Å². The first-order valence-electron chi connectivity index (χ1n) is 14.8. The van der Waals surface area contributed by atoms with Crippen LogP contribution in [0.2, 0.25) is 0 Å². The maximum atomic E-state index is 12.0. The lowest BCUT2D eigenvalue weighted by molar-refractivity contribution is -0.383. The zero-order valence-corrected chi connectivity index (χ0v) is 23.3. The summed E-state index contributed by atoms with van der Waals surface area (Å²) < 4.78 is 0. The topological polar surface area (TPSA) is 100 Å². The Morgan fingerprint density at radius 1 is 0.789 bits per heavy atom. The average molecular weight is 526 g/mol. The minimum atomic E-state index is -0.353. The summed E-state index contributed by atoms with van der Waals surface area (Å²) in [5, 5.41) is 15.2. The van der Waals surface area contributed by atoms with E-state index in [9.17, 15) is 10.1 Å². The largest absolute Gasteiger partial charge is 0.364 e. The van der Waals surface area contributed by atoms with E-state index in [0.717, 1.165) is 31.7 Å². The normalized spacial score (nSPS) is 13.6. The molecule has 0 saturated carbocycles. The number of aromatic nitrogens is 3. The molecule has 0 bridgehead atoms. The van der Waals surface area contributed by atoms with Crippen molar-refractivity contribution < 1.29 is 4.92 Å². The molecule has 1 saturated heterocycles. The first-order chi connectivity index (χ1) is 18.7. The third kappa shape index (κ3) is 10.1. The highest BCUT2D eigenvalue weighted by Crippen LogP contribution is 2.32. The number of unbranched alkanes of at least 4 members (excludes halogenated alkanes) is 13. The maximum Gasteiger partial charge on any atom is 0.353 e. The minimum absolute atomic E-state index is 0.0239. The van der Waals surface area contributed by atoms with Gasteiger partial charge in [0.05, 0.1) is 4.92 Å². The van der Waals surface area contributed by atoms with Crippen molar-refractivity contribution in [2.45, 2.75) is 96.8 Å². The van der Waals surface area contributed by atoms with Gasteiger partial charge in [-0.15, -0.1) is 0 Å². The fourth-order valence-electron chi connectivity index (χ4n) is 5.11. The van der Waals surface area contributed by atoms with Gasteiger partial charge in [-0.05, 0) is 18.6 Å². The predicted molar refractivity (Wildman–Crippen MR) is 156 cm³/mol. The van der Waals surface area contributed by atoms with E-state index in [4.69, 9.17) is 0 Å². The van der Waals surface area contributed by atoms with Crippen molar-refractivity contribution >= 4 is 23.1 Å². The molecule has 210 valence electrons. The fourth-order valence-corrected chi connectivity index (χ4v) is 5.11. The lowest BCUT2D eigenvalue weighted by Crippen LogP contribution is -2.47. The second-order valence-corrected chi connectivity index (χ2v) is 10.3. The Hall–Kier alpha value is -2.97. The predicted octanol–water partition coefficient (Wildman–Crippen LogP) is 7.00. The minimum Gasteiger partial charge on any atom is -0.364 e. The molecule has 2 aromatic heterocycles. The van der Waals surface area contributed by atoms with Gasteiger partial charge < -0.3 is 15.1 Å². The molecule has 9 nitrogen and oxygen atoms in total. The van der Waals surface area contributed by atoms with E-state index in [2.05, 4.69) is 32.1 Å². The van der Waals surface area contributed by atoms with Crippen molar-refractivity contribution in [1.29, 1.82) is 0 Å². The molecule has 1 aliphatic rings. The van der Waals surface area contributed by atoms with Crippen molar-refractivity contribution in [3.8, 4) is 0 Å². The van der Waals surface area contributed by atoms with Gasteiger partial charge in [-0.1, -0.05) is 96.5 Å². The highest BCUT2D eigenvalue weighted by molar-refractivity contribution is 5.70. The molecular weight excluding hydrogens is 478 g/mol. The molecule has 0 aliphatic carbocycles. The van der Waals surface area contributed by atoms with Gasteiger partial charge in [-0.2, -0.15) is 0 Å². The Balaban J connectivity index is 1.32. The van der Waals surface area contributed by atoms with Gasteiger partial charge in [-0.25, -0.2) is 15.0 Å². The number of piperazine rings is 1. The van der Waals surface area contributed by atoms with Gasteiger partial charge in [-0.3, -0.25) is 10.1 Å². The number of anilines is 3. The number of nitrogens with zero attached hydrogens (tertiary/aromatic N) is 6. The molecule has 3 rings (SSSR count). The maximum absolute atomic E-state index is 12.0. The highest BCUT2D eigenvalue weighted by Gasteiger charge is 2.29. The molecule has 1 fully saturated rings. The summed E-state index contributed by atoms with van der Waals surface area (Å²) in [6.07, 6.45) is 21.6. The average Bonchev–Trinajstić information content (AvgIpc) is 2.95. The first kappa shape index (κ1) is 29.6. The third-order valence-corrected chi connectivity index (χ3v) is 7.36. The Bertz CT molecular complexity index is 920. The summed E-state index contributed by atoms with van der Waals surface area (Å²) in [6, 6.07) is 5.86. The summed E-state index contributed by atoms with van der Waals surface area (Å²) >= 11 is 0. The molecule has 0 unspecified atom stereocenters. The van der Waals surface area contributed by atoms with Gasteiger partial charge in [0.2, 0.25) is 11.6 Å². The fraction of sp³-hybridized carbons (Fsp3) is 0.690. The van der Waals surface area contributed by atoms with Crippen LogP contribution >= 0.6 is 0 Å². The lowest BCUT2D eigenvalue weighted by atomic mass is 10.0. The van der Waals surface area contributed by atoms with E-state index in [1.165, 1.54) is 83.4 Å². The molecule has 0 aromatic carbocycles. The second-order valence-electron chi connectivity index (χ2n) is 10.3. The number of nitrogens with one attached hydrogen (secondary N) is 1. The van der Waals surface area contributed by atoms with E-state index in [-0.39, 0.29) is 10.6 Å². The Kier molecular flexibility index (Phi) is 13.6. The highest BCUT2D eigenvalue weighted by atomic mass is 16.6. The van der Waals surface area contributed by atoms with Gasteiger partial charge in [0.1, 0.15) is 12.1 Å². The van der Waals surface area contributed by atoms with Crippen LogP contribution in [0.3, 0.4) is 0 Å². The summed E-state index contributed by atoms with van der Waals surface area (Å²) in [7, 11) is 0. The Labute approximate surface area is 228 Å². The summed E-state index contributed by atoms with van der Waals surface area (Å²) in [5.74, 6) is 1.65. The van der Waals surface area contributed by atoms with Gasteiger partial charge in [0.25, 0.3) is 0 Å². The van der Waals surface area contributed by atoms with Crippen molar-refractivity contribution in [2.75, 3.05) is 47.8 Å². The molecule has 1 N–H and O–H groups in total. The van der Waals surface area contributed by atoms with E-state index in [1.54, 1.807) is 6.20 Å². The summed E-state index contributed by atoms with van der Waals surface area (Å²) in [5.41, 5.74) is -0.0239. The second kappa shape index (κ2) is 17.5. The first-order valence-corrected chi connectivity index (χ1v) is 14.8. The van der Waals surface area contributed by atoms with Gasteiger partial charge in [0.15, 0.2) is 0 Å². The lowest BCUT2D eigenvalue weighted by Gasteiger charge is -2.35. The number of hydrogen-bond acceptors (Lipinski definition) is 8. The van der Waals surface area contributed by atoms with Crippen LogP contribution in [-0.4, -0.2) is 52.6 Å². The van der Waals surface area contributed by atoms with Gasteiger partial charge >= 0.3 is 5.69 Å². The summed E-state index contributed by atoms with van der Waals surface area (Å²) in [6.45, 7) is 5.72. The zero-order chi connectivity index (χ0) is 26.8. The van der Waals surface area contributed by atoms with Crippen LogP contribution < -0.4 is 15.1 Å². The van der Waals surface area contributed by atoms with Crippen LogP contribution in [0.25, 0.3) is 0 Å². The number of pyridine rings is 1. The third-order valence-electron chi connectivity index (χ3n) is 7.36. The molecular formula is C29H47N7O2. The smallest absolute Gasteiger partial charge is 0.353 e. The van der Waals surface area contributed by atoms with Crippen LogP contribution in [0.4, 0.5) is 23.1 Å². The molecule has 1 aliphatic heterocycles. The number of rotatable bonds is 19. The number of hydrogen-bond donors (Lipinski definition) is 1. The standard InChI is InChI=1S/C29H47N7O2/c1-2-3-4-5-6-7-8-9-10-11-12-13-14-16-20-31-28-27(36(37)38)29(33-25-32-28)35-23-21-34(22-24-35)26-18-15-17-19-30-26/h15,17-19,25H,2-14,16,20-24H2,1H3,(H,31,32,33). The van der Waals surface area contributed by atoms with Crippen LogP contribution in [0.1, 0.15) is 96.8 Å². The van der Waals surface area contributed by atoms with E-state index in [1.807, 2.05) is 23.1 Å². The summed E-state index contributed by atoms with van der Waals surface area (Å²) in [4.78, 5) is 28.7. The van der Waals surface area contributed by atoms with E-state index < -0.39 is 0 Å². The monoisotopic (exact) mass is 525 g/mol. The Morgan fingerprint density at radius 3 is 1.92 bits per heavy atom. The molecule has 0 amide bonds. The molecule has 2 aromatic rings. The Morgan fingerprint density at radius 2 is 1.37 bits per heavy atom.